The van der Waals surface area contributed by atoms with E-state index in [4.69, 9.17) is 23.7 Å². The summed E-state index contributed by atoms with van der Waals surface area (Å²) in [7, 11) is 3.30. The highest BCUT2D eigenvalue weighted by Gasteiger charge is 2.18. The van der Waals surface area contributed by atoms with Crippen molar-refractivity contribution in [2.75, 3.05) is 53.8 Å². The van der Waals surface area contributed by atoms with Crippen LogP contribution in [0.25, 0.3) is 0 Å². The standard InChI is InChI=1S/C15H23NO5/c1-17-5-6-19-4-3-16-11-12-9-13(18-2)15-14(10-12)20-7-8-21-15/h9-10,16H,3-8,11H2,1-2H3. The van der Waals surface area contributed by atoms with Crippen LogP contribution in [0.2, 0.25) is 0 Å². The molecule has 2 rings (SSSR count). The minimum absolute atomic E-state index is 0.555. The summed E-state index contributed by atoms with van der Waals surface area (Å²) in [4.78, 5) is 0. The molecule has 21 heavy (non-hydrogen) atoms. The highest BCUT2D eigenvalue weighted by atomic mass is 16.6. The summed E-state index contributed by atoms with van der Waals surface area (Å²) in [6.07, 6.45) is 0. The Hall–Kier alpha value is -1.50. The molecule has 1 aromatic carbocycles. The molecule has 1 aromatic rings. The molecule has 0 atom stereocenters. The van der Waals surface area contributed by atoms with Gasteiger partial charge in [-0.05, 0) is 17.7 Å². The Kier molecular flexibility index (Phi) is 6.59. The number of fused-ring (bicyclic) bond motifs is 1. The molecule has 0 spiro atoms. The zero-order valence-corrected chi connectivity index (χ0v) is 12.6. The van der Waals surface area contributed by atoms with E-state index in [0.29, 0.717) is 44.5 Å². The van der Waals surface area contributed by atoms with Gasteiger partial charge in [-0.2, -0.15) is 0 Å². The molecule has 0 saturated carbocycles. The molecule has 0 saturated heterocycles. The minimum Gasteiger partial charge on any atom is -0.493 e. The minimum atomic E-state index is 0.555. The van der Waals surface area contributed by atoms with Crippen LogP contribution < -0.4 is 19.5 Å². The SMILES string of the molecule is COCCOCCNCc1cc(OC)c2c(c1)OCCO2. The number of benzene rings is 1. The van der Waals surface area contributed by atoms with E-state index in [1.165, 1.54) is 0 Å². The van der Waals surface area contributed by atoms with Gasteiger partial charge in [0.25, 0.3) is 0 Å². The zero-order valence-electron chi connectivity index (χ0n) is 12.6. The Morgan fingerprint density at radius 3 is 2.76 bits per heavy atom. The molecule has 1 N–H and O–H groups in total. The predicted molar refractivity (Wildman–Crippen MR) is 78.4 cm³/mol. The highest BCUT2D eigenvalue weighted by molar-refractivity contribution is 5.54. The fourth-order valence-electron chi connectivity index (χ4n) is 2.05. The van der Waals surface area contributed by atoms with E-state index in [2.05, 4.69) is 5.32 Å². The Labute approximate surface area is 125 Å². The number of hydrogen-bond acceptors (Lipinski definition) is 6. The second-order valence-corrected chi connectivity index (χ2v) is 4.60. The first-order valence-corrected chi connectivity index (χ1v) is 7.09. The Balaban J connectivity index is 1.80. The van der Waals surface area contributed by atoms with Crippen LogP contribution in [-0.4, -0.2) is 53.8 Å². The molecular weight excluding hydrogens is 274 g/mol. The number of hydrogen-bond donors (Lipinski definition) is 1. The molecule has 1 aliphatic heterocycles. The molecule has 1 heterocycles. The van der Waals surface area contributed by atoms with Crippen LogP contribution in [0, 0.1) is 0 Å². The average Bonchev–Trinajstić information content (AvgIpc) is 2.53. The van der Waals surface area contributed by atoms with Crippen molar-refractivity contribution in [3.63, 3.8) is 0 Å². The van der Waals surface area contributed by atoms with E-state index in [1.54, 1.807) is 14.2 Å². The van der Waals surface area contributed by atoms with Gasteiger partial charge in [0.05, 0.1) is 26.9 Å². The quantitative estimate of drug-likeness (QED) is 0.692. The van der Waals surface area contributed by atoms with E-state index >= 15 is 0 Å². The van der Waals surface area contributed by atoms with Crippen LogP contribution in [0.3, 0.4) is 0 Å². The maximum absolute atomic E-state index is 5.61. The van der Waals surface area contributed by atoms with Gasteiger partial charge >= 0.3 is 0 Å². The molecule has 0 fully saturated rings. The van der Waals surface area contributed by atoms with E-state index < -0.39 is 0 Å². The third kappa shape index (κ3) is 4.77. The van der Waals surface area contributed by atoms with Crippen molar-refractivity contribution < 1.29 is 23.7 Å². The molecule has 0 unspecified atom stereocenters. The van der Waals surface area contributed by atoms with Crippen LogP contribution in [0.15, 0.2) is 12.1 Å². The first-order chi connectivity index (χ1) is 10.3. The molecule has 0 amide bonds. The lowest BCUT2D eigenvalue weighted by Crippen LogP contribution is -2.21. The third-order valence-electron chi connectivity index (χ3n) is 3.07. The van der Waals surface area contributed by atoms with Crippen molar-refractivity contribution >= 4 is 0 Å². The van der Waals surface area contributed by atoms with Crippen molar-refractivity contribution in [3.8, 4) is 17.2 Å². The number of ether oxygens (including phenoxy) is 5. The summed E-state index contributed by atoms with van der Waals surface area (Å²) in [6, 6.07) is 3.95. The van der Waals surface area contributed by atoms with Crippen LogP contribution >= 0.6 is 0 Å². The van der Waals surface area contributed by atoms with E-state index in [-0.39, 0.29) is 0 Å². The second-order valence-electron chi connectivity index (χ2n) is 4.60. The summed E-state index contributed by atoms with van der Waals surface area (Å²) in [5, 5.41) is 3.32. The Bertz CT molecular complexity index is 421. The van der Waals surface area contributed by atoms with Gasteiger partial charge in [-0.3, -0.25) is 0 Å². The van der Waals surface area contributed by atoms with Crippen molar-refractivity contribution in [2.24, 2.45) is 0 Å². The third-order valence-corrected chi connectivity index (χ3v) is 3.07. The molecule has 0 radical (unpaired) electrons. The first kappa shape index (κ1) is 15.9. The van der Waals surface area contributed by atoms with Crippen LogP contribution in [0.4, 0.5) is 0 Å². The second kappa shape index (κ2) is 8.71. The number of rotatable bonds is 9. The topological polar surface area (TPSA) is 58.2 Å². The van der Waals surface area contributed by atoms with E-state index in [9.17, 15) is 0 Å². The molecule has 0 bridgehead atoms. The van der Waals surface area contributed by atoms with Gasteiger partial charge in [-0.15, -0.1) is 0 Å². The summed E-state index contributed by atoms with van der Waals surface area (Å²) in [6.45, 7) is 4.53. The first-order valence-electron chi connectivity index (χ1n) is 7.09. The Morgan fingerprint density at radius 2 is 1.95 bits per heavy atom. The van der Waals surface area contributed by atoms with Gasteiger partial charge in [0.15, 0.2) is 11.5 Å². The lowest BCUT2D eigenvalue weighted by atomic mass is 10.1. The Morgan fingerprint density at radius 1 is 1.10 bits per heavy atom. The van der Waals surface area contributed by atoms with Crippen LogP contribution in [0.5, 0.6) is 17.2 Å². The summed E-state index contributed by atoms with van der Waals surface area (Å²) in [5.74, 6) is 2.14. The van der Waals surface area contributed by atoms with Gasteiger partial charge in [-0.1, -0.05) is 0 Å². The summed E-state index contributed by atoms with van der Waals surface area (Å²) in [5.41, 5.74) is 1.09. The zero-order chi connectivity index (χ0) is 14.9. The van der Waals surface area contributed by atoms with Gasteiger partial charge < -0.3 is 29.0 Å². The summed E-state index contributed by atoms with van der Waals surface area (Å²) < 4.78 is 26.8. The molecule has 118 valence electrons. The molecule has 1 aliphatic rings. The van der Waals surface area contributed by atoms with Gasteiger partial charge in [0, 0.05) is 20.2 Å². The normalized spacial score (nSPS) is 13.2. The monoisotopic (exact) mass is 297 g/mol. The molecule has 6 heteroatoms. The van der Waals surface area contributed by atoms with Crippen molar-refractivity contribution in [3.05, 3.63) is 17.7 Å². The fraction of sp³-hybridized carbons (Fsp3) is 0.600. The van der Waals surface area contributed by atoms with Crippen molar-refractivity contribution in [1.82, 2.24) is 5.32 Å². The summed E-state index contributed by atoms with van der Waals surface area (Å²) >= 11 is 0. The largest absolute Gasteiger partial charge is 0.493 e. The highest BCUT2D eigenvalue weighted by Crippen LogP contribution is 2.40. The smallest absolute Gasteiger partial charge is 0.203 e. The fourth-order valence-corrected chi connectivity index (χ4v) is 2.05. The van der Waals surface area contributed by atoms with E-state index in [0.717, 1.165) is 24.4 Å². The van der Waals surface area contributed by atoms with Gasteiger partial charge in [0.2, 0.25) is 5.75 Å². The van der Waals surface area contributed by atoms with Crippen molar-refractivity contribution in [2.45, 2.75) is 6.54 Å². The molecule has 0 aromatic heterocycles. The molecule has 6 nitrogen and oxygen atoms in total. The molecule has 0 aliphatic carbocycles. The lowest BCUT2D eigenvalue weighted by molar-refractivity contribution is 0.0719. The number of methoxy groups -OCH3 is 2. The maximum Gasteiger partial charge on any atom is 0.203 e. The van der Waals surface area contributed by atoms with Crippen LogP contribution in [0.1, 0.15) is 5.56 Å². The van der Waals surface area contributed by atoms with Crippen LogP contribution in [-0.2, 0) is 16.0 Å². The number of nitrogens with one attached hydrogen (secondary N) is 1. The van der Waals surface area contributed by atoms with Crippen molar-refractivity contribution in [1.29, 1.82) is 0 Å². The lowest BCUT2D eigenvalue weighted by Gasteiger charge is -2.21. The maximum atomic E-state index is 5.61. The molecular formula is C15H23NO5. The van der Waals surface area contributed by atoms with Gasteiger partial charge in [0.1, 0.15) is 13.2 Å². The van der Waals surface area contributed by atoms with E-state index in [1.807, 2.05) is 12.1 Å². The predicted octanol–water partition coefficient (Wildman–Crippen LogP) is 1.22. The van der Waals surface area contributed by atoms with Gasteiger partial charge in [-0.25, -0.2) is 0 Å². The average molecular weight is 297 g/mol.